The minimum atomic E-state index is -0.378. The van der Waals surface area contributed by atoms with Crippen LogP contribution in [-0.4, -0.2) is 5.97 Å². The van der Waals surface area contributed by atoms with Gasteiger partial charge in [-0.3, -0.25) is 0 Å². The molecule has 3 heteroatoms. The van der Waals surface area contributed by atoms with Gasteiger partial charge in [0.2, 0.25) is 0 Å². The summed E-state index contributed by atoms with van der Waals surface area (Å²) in [5, 5.41) is 0. The first-order chi connectivity index (χ1) is 9.81. The minimum absolute atomic E-state index is 0.274. The Hall–Kier alpha value is -2.55. The molecule has 1 aliphatic rings. The molecule has 2 aromatic carbocycles. The molecule has 0 aliphatic carbocycles. The first-order valence-electron chi connectivity index (χ1n) is 6.48. The molecule has 0 unspecified atom stereocenters. The fourth-order valence-corrected chi connectivity index (χ4v) is 2.10. The van der Waals surface area contributed by atoms with Crippen molar-refractivity contribution in [2.24, 2.45) is 0 Å². The summed E-state index contributed by atoms with van der Waals surface area (Å²) >= 11 is 0. The van der Waals surface area contributed by atoms with Crippen molar-refractivity contribution >= 4 is 5.97 Å². The number of para-hydroxylation sites is 1. The lowest BCUT2D eigenvalue weighted by Gasteiger charge is -2.03. The molecule has 100 valence electrons. The number of allylic oxidation sites excluding steroid dienone is 1. The first kappa shape index (κ1) is 12.5. The number of benzene rings is 2. The smallest absolute Gasteiger partial charge is 0.334 e. The summed E-state index contributed by atoms with van der Waals surface area (Å²) in [4.78, 5) is 11.7. The number of ether oxygens (including phenoxy) is 2. The number of hydrogen-bond donors (Lipinski definition) is 0. The number of carbonyl (C=O) groups excluding carboxylic acids is 1. The van der Waals surface area contributed by atoms with Crippen LogP contribution in [0.2, 0.25) is 0 Å². The maximum atomic E-state index is 11.7. The second kappa shape index (κ2) is 5.61. The van der Waals surface area contributed by atoms with Gasteiger partial charge in [0.05, 0.1) is 6.08 Å². The molecule has 0 bridgehead atoms. The molecule has 0 spiro atoms. The molecule has 20 heavy (non-hydrogen) atoms. The summed E-state index contributed by atoms with van der Waals surface area (Å²) in [5.41, 5.74) is 2.06. The zero-order chi connectivity index (χ0) is 13.8. The van der Waals surface area contributed by atoms with E-state index in [0.29, 0.717) is 12.2 Å². The van der Waals surface area contributed by atoms with Crippen LogP contribution in [-0.2, 0) is 22.6 Å². The Morgan fingerprint density at radius 1 is 1.10 bits per heavy atom. The van der Waals surface area contributed by atoms with Gasteiger partial charge in [0.15, 0.2) is 0 Å². The third-order valence-electron chi connectivity index (χ3n) is 3.08. The quantitative estimate of drug-likeness (QED) is 0.632. The van der Waals surface area contributed by atoms with E-state index < -0.39 is 0 Å². The van der Waals surface area contributed by atoms with E-state index in [4.69, 9.17) is 9.47 Å². The molecule has 0 fully saturated rings. The Bertz CT molecular complexity index is 617. The summed E-state index contributed by atoms with van der Waals surface area (Å²) in [7, 11) is 0. The monoisotopic (exact) mass is 266 g/mol. The van der Waals surface area contributed by atoms with E-state index in [1.165, 1.54) is 6.08 Å². The molecule has 1 aliphatic heterocycles. The maximum Gasteiger partial charge on any atom is 0.334 e. The van der Waals surface area contributed by atoms with E-state index in [0.717, 1.165) is 16.9 Å². The topological polar surface area (TPSA) is 35.5 Å². The molecule has 3 nitrogen and oxygen atoms in total. The number of hydrogen-bond acceptors (Lipinski definition) is 3. The second-order valence-electron chi connectivity index (χ2n) is 4.59. The molecule has 0 N–H and O–H groups in total. The van der Waals surface area contributed by atoms with Crippen molar-refractivity contribution in [1.82, 2.24) is 0 Å². The van der Waals surface area contributed by atoms with E-state index >= 15 is 0 Å². The van der Waals surface area contributed by atoms with Crippen LogP contribution >= 0.6 is 0 Å². The molecular formula is C17H14O3. The molecule has 0 saturated carbocycles. The Kier molecular flexibility index (Phi) is 3.50. The predicted octanol–water partition coefficient (Wildman–Crippen LogP) is 3.25. The van der Waals surface area contributed by atoms with Crippen LogP contribution in [0.5, 0.6) is 5.75 Å². The summed E-state index contributed by atoms with van der Waals surface area (Å²) < 4.78 is 10.8. The molecule has 1 heterocycles. The molecule has 0 amide bonds. The van der Waals surface area contributed by atoms with E-state index in [2.05, 4.69) is 0 Å². The lowest BCUT2D eigenvalue weighted by molar-refractivity contribution is -0.139. The zero-order valence-corrected chi connectivity index (χ0v) is 10.9. The number of esters is 1. The highest BCUT2D eigenvalue weighted by Gasteiger charge is 2.17. The standard InChI is InChI=1S/C17H14O3/c18-17(19-12-13-6-2-1-3-7-13)11-15-10-14-8-4-5-9-16(14)20-15/h1-9,11H,10,12H2/b15-11-. The first-order valence-corrected chi connectivity index (χ1v) is 6.48. The van der Waals surface area contributed by atoms with Crippen molar-refractivity contribution in [2.75, 3.05) is 0 Å². The van der Waals surface area contributed by atoms with E-state index in [1.807, 2.05) is 54.6 Å². The van der Waals surface area contributed by atoms with Gasteiger partial charge in [-0.25, -0.2) is 4.79 Å². The highest BCUT2D eigenvalue weighted by Crippen LogP contribution is 2.30. The Labute approximate surface area is 117 Å². The summed E-state index contributed by atoms with van der Waals surface area (Å²) in [5.74, 6) is 1.07. The second-order valence-corrected chi connectivity index (χ2v) is 4.59. The molecule has 0 aromatic heterocycles. The van der Waals surface area contributed by atoms with Crippen LogP contribution in [0.25, 0.3) is 0 Å². The van der Waals surface area contributed by atoms with Crippen LogP contribution in [0.15, 0.2) is 66.4 Å². The van der Waals surface area contributed by atoms with Gasteiger partial charge in [-0.05, 0) is 11.6 Å². The third kappa shape index (κ3) is 2.88. The molecule has 0 radical (unpaired) electrons. The fraction of sp³-hybridized carbons (Fsp3) is 0.118. The number of fused-ring (bicyclic) bond motifs is 1. The van der Waals surface area contributed by atoms with Crippen LogP contribution in [0.4, 0.5) is 0 Å². The van der Waals surface area contributed by atoms with Crippen molar-refractivity contribution in [3.05, 3.63) is 77.6 Å². The molecule has 0 atom stereocenters. The summed E-state index contributed by atoms with van der Waals surface area (Å²) in [6.45, 7) is 0.274. The van der Waals surface area contributed by atoms with E-state index in [-0.39, 0.29) is 12.6 Å². The predicted molar refractivity (Wildman–Crippen MR) is 75.1 cm³/mol. The molecule has 2 aromatic rings. The fourth-order valence-electron chi connectivity index (χ4n) is 2.10. The zero-order valence-electron chi connectivity index (χ0n) is 10.9. The highest BCUT2D eigenvalue weighted by molar-refractivity contribution is 5.82. The van der Waals surface area contributed by atoms with Gasteiger partial charge in [-0.2, -0.15) is 0 Å². The van der Waals surface area contributed by atoms with Crippen LogP contribution in [0.3, 0.4) is 0 Å². The van der Waals surface area contributed by atoms with Crippen LogP contribution < -0.4 is 4.74 Å². The maximum absolute atomic E-state index is 11.7. The van der Waals surface area contributed by atoms with Crippen LogP contribution in [0, 0.1) is 0 Å². The van der Waals surface area contributed by atoms with Crippen molar-refractivity contribution in [1.29, 1.82) is 0 Å². The molecular weight excluding hydrogens is 252 g/mol. The average Bonchev–Trinajstić information content (AvgIpc) is 2.88. The van der Waals surface area contributed by atoms with Crippen molar-refractivity contribution < 1.29 is 14.3 Å². The SMILES string of the molecule is O=C(/C=C1/Cc2ccccc2O1)OCc1ccccc1. The van der Waals surface area contributed by atoms with Crippen molar-refractivity contribution in [3.8, 4) is 5.75 Å². The van der Waals surface area contributed by atoms with Crippen molar-refractivity contribution in [2.45, 2.75) is 13.0 Å². The minimum Gasteiger partial charge on any atom is -0.461 e. The summed E-state index contributed by atoms with van der Waals surface area (Å²) in [6, 6.07) is 17.4. The molecule has 3 rings (SSSR count). The van der Waals surface area contributed by atoms with Gasteiger partial charge in [-0.15, -0.1) is 0 Å². The lowest BCUT2D eigenvalue weighted by atomic mass is 10.1. The summed E-state index contributed by atoms with van der Waals surface area (Å²) in [6.07, 6.45) is 2.06. The lowest BCUT2D eigenvalue weighted by Crippen LogP contribution is -2.03. The highest BCUT2D eigenvalue weighted by atomic mass is 16.5. The van der Waals surface area contributed by atoms with Crippen LogP contribution in [0.1, 0.15) is 11.1 Å². The van der Waals surface area contributed by atoms with Gasteiger partial charge >= 0.3 is 5.97 Å². The Balaban J connectivity index is 1.59. The Morgan fingerprint density at radius 3 is 2.65 bits per heavy atom. The average molecular weight is 266 g/mol. The van der Waals surface area contributed by atoms with E-state index in [1.54, 1.807) is 0 Å². The number of carbonyl (C=O) groups is 1. The van der Waals surface area contributed by atoms with E-state index in [9.17, 15) is 4.79 Å². The Morgan fingerprint density at radius 2 is 1.85 bits per heavy atom. The number of rotatable bonds is 3. The van der Waals surface area contributed by atoms with Gasteiger partial charge in [0.1, 0.15) is 18.1 Å². The van der Waals surface area contributed by atoms with Gasteiger partial charge in [0.25, 0.3) is 0 Å². The normalized spacial score (nSPS) is 14.7. The van der Waals surface area contributed by atoms with Gasteiger partial charge in [0, 0.05) is 12.0 Å². The van der Waals surface area contributed by atoms with Crippen molar-refractivity contribution in [3.63, 3.8) is 0 Å². The van der Waals surface area contributed by atoms with Gasteiger partial charge < -0.3 is 9.47 Å². The largest absolute Gasteiger partial charge is 0.461 e. The van der Waals surface area contributed by atoms with Gasteiger partial charge in [-0.1, -0.05) is 48.5 Å². The molecule has 0 saturated heterocycles. The third-order valence-corrected chi connectivity index (χ3v) is 3.08.